The molecule has 2 aromatic carbocycles. The molecule has 1 aromatic heterocycles. The topological polar surface area (TPSA) is 167 Å². The van der Waals surface area contributed by atoms with Crippen molar-refractivity contribution < 1.29 is 9.47 Å². The van der Waals surface area contributed by atoms with Crippen molar-refractivity contribution in [1.29, 1.82) is 10.5 Å². The third-order valence-electron chi connectivity index (χ3n) is 5.36. The number of fused-ring (bicyclic) bond motifs is 1. The maximum atomic E-state index is 9.55. The molecule has 0 radical (unpaired) electrons. The van der Waals surface area contributed by atoms with Crippen molar-refractivity contribution in [1.82, 2.24) is 10.3 Å². The fourth-order valence-corrected chi connectivity index (χ4v) is 4.45. The highest BCUT2D eigenvalue weighted by Crippen LogP contribution is 2.45. The summed E-state index contributed by atoms with van der Waals surface area (Å²) in [5, 5.41) is 24.7. The van der Waals surface area contributed by atoms with Crippen LogP contribution in [0.3, 0.4) is 0 Å². The van der Waals surface area contributed by atoms with Crippen LogP contribution in [0.4, 0.5) is 17.3 Å². The molecule has 0 aliphatic carbocycles. The van der Waals surface area contributed by atoms with E-state index in [-0.39, 0.29) is 35.5 Å². The van der Waals surface area contributed by atoms with Crippen molar-refractivity contribution in [2.24, 2.45) is 4.99 Å². The largest absolute Gasteiger partial charge is 0.490 e. The Balaban J connectivity index is 1.81. The van der Waals surface area contributed by atoms with Crippen LogP contribution in [-0.2, 0) is 6.61 Å². The monoisotopic (exact) mass is 566 g/mol. The molecule has 12 heteroatoms. The lowest BCUT2D eigenvalue weighted by Crippen LogP contribution is -2.32. The Hall–Kier alpha value is -4.19. The number of aromatic nitrogens is 1. The molecule has 1 unspecified atom stereocenters. The third kappa shape index (κ3) is 4.80. The molecule has 1 atom stereocenters. The first kappa shape index (κ1) is 24.9. The van der Waals surface area contributed by atoms with Crippen molar-refractivity contribution in [3.8, 4) is 23.8 Å². The van der Waals surface area contributed by atoms with Crippen molar-refractivity contribution in [3.05, 3.63) is 68.1 Å². The number of benzene rings is 2. The van der Waals surface area contributed by atoms with E-state index in [1.54, 1.807) is 18.2 Å². The Morgan fingerprint density at radius 1 is 1.19 bits per heavy atom. The number of pyridine rings is 1. The summed E-state index contributed by atoms with van der Waals surface area (Å²) in [5.41, 5.74) is 14.4. The van der Waals surface area contributed by atoms with E-state index >= 15 is 0 Å². The minimum absolute atomic E-state index is 0.0319. The molecule has 1 aliphatic heterocycles. The zero-order valence-electron chi connectivity index (χ0n) is 19.0. The highest BCUT2D eigenvalue weighted by Gasteiger charge is 2.31. The van der Waals surface area contributed by atoms with E-state index in [9.17, 15) is 5.26 Å². The number of hydrogen-bond acceptors (Lipinski definition) is 10. The van der Waals surface area contributed by atoms with Crippen LogP contribution in [-0.4, -0.2) is 17.6 Å². The number of rotatable bonds is 6. The Bertz CT molecular complexity index is 1450. The standard InChI is InChI=1S/C24H20BrClN8O2/c1-2-35-17-7-13(15(25)8-18(17)36-10-12-5-3-4-6-16(12)26)21-19-20(29)14(9-27)22(30)33-23(19)34-24(32-21)31-11-28/h3-8,21H,2,10H2,1H3,(H6,29,30,31,32,33,34). The molecule has 10 nitrogen and oxygen atoms in total. The summed E-state index contributed by atoms with van der Waals surface area (Å²) in [7, 11) is 0. The van der Waals surface area contributed by atoms with Gasteiger partial charge < -0.3 is 26.3 Å². The van der Waals surface area contributed by atoms with Gasteiger partial charge in [-0.2, -0.15) is 10.5 Å². The second-order valence-electron chi connectivity index (χ2n) is 7.54. The van der Waals surface area contributed by atoms with Gasteiger partial charge in [-0.15, -0.1) is 0 Å². The van der Waals surface area contributed by atoms with Gasteiger partial charge >= 0.3 is 0 Å². The van der Waals surface area contributed by atoms with Gasteiger partial charge in [0.05, 0.1) is 12.3 Å². The summed E-state index contributed by atoms with van der Waals surface area (Å²) >= 11 is 9.87. The van der Waals surface area contributed by atoms with E-state index in [2.05, 4.69) is 36.5 Å². The quantitative estimate of drug-likeness (QED) is 0.248. The van der Waals surface area contributed by atoms with Crippen molar-refractivity contribution in [2.75, 3.05) is 23.4 Å². The van der Waals surface area contributed by atoms with Crippen LogP contribution in [0.1, 0.15) is 35.2 Å². The third-order valence-corrected chi connectivity index (χ3v) is 6.41. The van der Waals surface area contributed by atoms with Gasteiger partial charge in [0, 0.05) is 20.6 Å². The van der Waals surface area contributed by atoms with Crippen LogP contribution in [0.2, 0.25) is 5.02 Å². The number of nitriles is 2. The average Bonchev–Trinajstić information content (AvgIpc) is 2.84. The zero-order valence-corrected chi connectivity index (χ0v) is 21.3. The van der Waals surface area contributed by atoms with Gasteiger partial charge in [0.1, 0.15) is 35.9 Å². The highest BCUT2D eigenvalue weighted by atomic mass is 79.9. The molecular formula is C24H20BrClN8O2. The van der Waals surface area contributed by atoms with Crippen molar-refractivity contribution >= 4 is 50.8 Å². The molecular weight excluding hydrogens is 548 g/mol. The van der Waals surface area contributed by atoms with E-state index in [4.69, 9.17) is 37.8 Å². The normalized spacial score (nSPS) is 13.9. The van der Waals surface area contributed by atoms with E-state index in [0.29, 0.717) is 38.7 Å². The zero-order chi connectivity index (χ0) is 25.8. The lowest BCUT2D eigenvalue weighted by atomic mass is 9.95. The summed E-state index contributed by atoms with van der Waals surface area (Å²) in [6.07, 6.45) is 1.83. The number of aliphatic imine (C=N–C) groups is 1. The molecule has 3 aromatic rings. The van der Waals surface area contributed by atoms with Crippen LogP contribution in [0.15, 0.2) is 45.9 Å². The molecule has 0 saturated carbocycles. The molecule has 36 heavy (non-hydrogen) atoms. The fraction of sp³-hybridized carbons (Fsp3) is 0.167. The van der Waals surface area contributed by atoms with Gasteiger partial charge in [-0.05, 0) is 30.7 Å². The number of nitrogen functional groups attached to an aromatic ring is 2. The average molecular weight is 568 g/mol. The molecule has 6 N–H and O–H groups in total. The van der Waals surface area contributed by atoms with Crippen LogP contribution in [0.25, 0.3) is 0 Å². The smallest absolute Gasteiger partial charge is 0.211 e. The Morgan fingerprint density at radius 3 is 2.64 bits per heavy atom. The van der Waals surface area contributed by atoms with Crippen molar-refractivity contribution in [2.45, 2.75) is 19.6 Å². The number of ether oxygens (including phenoxy) is 2. The number of nitrogens with two attached hydrogens (primary N) is 2. The number of anilines is 3. The summed E-state index contributed by atoms with van der Waals surface area (Å²) in [6, 6.07) is 12.2. The van der Waals surface area contributed by atoms with Crippen molar-refractivity contribution in [3.63, 3.8) is 0 Å². The first-order valence-electron chi connectivity index (χ1n) is 10.7. The lowest BCUT2D eigenvalue weighted by Gasteiger charge is -2.27. The van der Waals surface area contributed by atoms with Gasteiger partial charge in [-0.25, -0.2) is 9.98 Å². The number of nitrogens with zero attached hydrogens (tertiary/aromatic N) is 4. The molecule has 0 bridgehead atoms. The SMILES string of the molecule is CCOc1cc(C2N=C(NC#N)Nc3nc(N)c(C#N)c(N)c32)c(Br)cc1OCc1ccccc1Cl. The van der Waals surface area contributed by atoms with E-state index in [1.807, 2.05) is 37.4 Å². The summed E-state index contributed by atoms with van der Waals surface area (Å²) < 4.78 is 12.5. The minimum atomic E-state index is -0.747. The summed E-state index contributed by atoms with van der Waals surface area (Å²) in [6.45, 7) is 2.48. The first-order chi connectivity index (χ1) is 17.4. The maximum absolute atomic E-state index is 9.55. The highest BCUT2D eigenvalue weighted by molar-refractivity contribution is 9.10. The molecule has 0 saturated heterocycles. The van der Waals surface area contributed by atoms with Crippen LogP contribution in [0.5, 0.6) is 11.5 Å². The molecule has 0 spiro atoms. The molecule has 2 heterocycles. The predicted molar refractivity (Wildman–Crippen MR) is 141 cm³/mol. The molecule has 0 fully saturated rings. The minimum Gasteiger partial charge on any atom is -0.490 e. The van der Waals surface area contributed by atoms with Crippen LogP contribution < -0.4 is 31.6 Å². The molecule has 1 aliphatic rings. The van der Waals surface area contributed by atoms with Gasteiger partial charge in [-0.3, -0.25) is 5.32 Å². The number of nitrogens with one attached hydrogen (secondary N) is 2. The fourth-order valence-electron chi connectivity index (χ4n) is 3.72. The van der Waals surface area contributed by atoms with Crippen LogP contribution >= 0.6 is 27.5 Å². The van der Waals surface area contributed by atoms with E-state index < -0.39 is 6.04 Å². The predicted octanol–water partition coefficient (Wildman–Crippen LogP) is 4.45. The summed E-state index contributed by atoms with van der Waals surface area (Å²) in [5.74, 6) is 1.36. The number of guanidine groups is 1. The Labute approximate surface area is 220 Å². The lowest BCUT2D eigenvalue weighted by molar-refractivity contribution is 0.269. The van der Waals surface area contributed by atoms with E-state index in [1.165, 1.54) is 0 Å². The molecule has 4 rings (SSSR count). The first-order valence-corrected chi connectivity index (χ1v) is 11.9. The summed E-state index contributed by atoms with van der Waals surface area (Å²) in [4.78, 5) is 8.88. The maximum Gasteiger partial charge on any atom is 0.211 e. The van der Waals surface area contributed by atoms with Gasteiger partial charge in [0.15, 0.2) is 17.7 Å². The number of halogens is 2. The molecule has 0 amide bonds. The Kier molecular flexibility index (Phi) is 7.34. The van der Waals surface area contributed by atoms with Gasteiger partial charge in [0.25, 0.3) is 0 Å². The second-order valence-corrected chi connectivity index (χ2v) is 8.80. The number of hydrogen-bond donors (Lipinski definition) is 4. The van der Waals surface area contributed by atoms with E-state index in [0.717, 1.165) is 5.56 Å². The molecule has 182 valence electrons. The Morgan fingerprint density at radius 2 is 1.94 bits per heavy atom. The second kappa shape index (κ2) is 10.6. The van der Waals surface area contributed by atoms with Gasteiger partial charge in [0.2, 0.25) is 5.96 Å². The van der Waals surface area contributed by atoms with Gasteiger partial charge in [-0.1, -0.05) is 45.7 Å². The van der Waals surface area contributed by atoms with Crippen LogP contribution in [0, 0.1) is 22.8 Å².